The Balaban J connectivity index is 2.10. The minimum atomic E-state index is -4.47. The van der Waals surface area contributed by atoms with E-state index in [1.807, 2.05) is 0 Å². The van der Waals surface area contributed by atoms with Crippen LogP contribution in [-0.4, -0.2) is 26.2 Å². The molecule has 1 saturated carbocycles. The lowest BCUT2D eigenvalue weighted by Crippen LogP contribution is -2.29. The number of benzene rings is 1. The van der Waals surface area contributed by atoms with Gasteiger partial charge < -0.3 is 14.8 Å². The van der Waals surface area contributed by atoms with Crippen molar-refractivity contribution in [2.24, 2.45) is 5.92 Å². The van der Waals surface area contributed by atoms with E-state index in [9.17, 15) is 18.0 Å². The highest BCUT2D eigenvalue weighted by molar-refractivity contribution is 5.94. The number of hydrogen-bond acceptors (Lipinski definition) is 3. The zero-order chi connectivity index (χ0) is 17.0. The molecule has 1 aliphatic rings. The van der Waals surface area contributed by atoms with Crippen LogP contribution in [0.2, 0.25) is 0 Å². The maximum atomic E-state index is 12.8. The molecule has 128 valence electrons. The van der Waals surface area contributed by atoms with E-state index in [0.717, 1.165) is 25.0 Å². The van der Waals surface area contributed by atoms with Crippen LogP contribution < -0.4 is 10.1 Å². The van der Waals surface area contributed by atoms with Crippen molar-refractivity contribution in [3.05, 3.63) is 23.8 Å². The lowest BCUT2D eigenvalue weighted by atomic mass is 9.86. The number of carbonyl (C=O) groups is 1. The van der Waals surface area contributed by atoms with Gasteiger partial charge in [0.05, 0.1) is 24.5 Å². The van der Waals surface area contributed by atoms with Crippen LogP contribution in [0.15, 0.2) is 18.2 Å². The lowest BCUT2D eigenvalue weighted by molar-refractivity contribution is -0.137. The van der Waals surface area contributed by atoms with Crippen molar-refractivity contribution >= 4 is 11.6 Å². The first-order chi connectivity index (χ1) is 10.8. The van der Waals surface area contributed by atoms with E-state index in [4.69, 9.17) is 9.47 Å². The van der Waals surface area contributed by atoms with Gasteiger partial charge in [-0.3, -0.25) is 4.79 Å². The molecule has 23 heavy (non-hydrogen) atoms. The van der Waals surface area contributed by atoms with Crippen molar-refractivity contribution < 1.29 is 27.4 Å². The number of nitrogens with one attached hydrogen (secondary N) is 1. The van der Waals surface area contributed by atoms with Gasteiger partial charge in [0.2, 0.25) is 5.91 Å². The number of ether oxygens (including phenoxy) is 2. The molecule has 1 N–H and O–H groups in total. The highest BCUT2D eigenvalue weighted by atomic mass is 19.4. The van der Waals surface area contributed by atoms with Crippen LogP contribution in [0.4, 0.5) is 18.9 Å². The number of methoxy groups -OCH3 is 2. The van der Waals surface area contributed by atoms with Crippen LogP contribution in [0.25, 0.3) is 0 Å². The molecule has 0 aliphatic heterocycles. The van der Waals surface area contributed by atoms with Crippen molar-refractivity contribution in [1.29, 1.82) is 0 Å². The first kappa shape index (κ1) is 17.6. The molecule has 1 aliphatic carbocycles. The smallest absolute Gasteiger partial charge is 0.416 e. The number of halogens is 3. The molecule has 0 saturated heterocycles. The molecule has 2 rings (SSSR count). The van der Waals surface area contributed by atoms with Crippen LogP contribution in [0, 0.1) is 5.92 Å². The average Bonchev–Trinajstić information content (AvgIpc) is 2.54. The highest BCUT2D eigenvalue weighted by Crippen LogP contribution is 2.35. The normalized spacial score (nSPS) is 21.8. The third-order valence-corrected chi connectivity index (χ3v) is 4.16. The number of amides is 1. The van der Waals surface area contributed by atoms with Crippen molar-refractivity contribution in [1.82, 2.24) is 0 Å². The van der Waals surface area contributed by atoms with Crippen molar-refractivity contribution in [2.75, 3.05) is 19.5 Å². The molecule has 1 fully saturated rings. The topological polar surface area (TPSA) is 47.6 Å². The predicted molar refractivity (Wildman–Crippen MR) is 79.4 cm³/mol. The second-order valence-corrected chi connectivity index (χ2v) is 5.61. The Kier molecular flexibility index (Phi) is 5.51. The first-order valence-electron chi connectivity index (χ1n) is 7.44. The van der Waals surface area contributed by atoms with E-state index in [-0.39, 0.29) is 29.4 Å². The second-order valence-electron chi connectivity index (χ2n) is 5.61. The largest absolute Gasteiger partial charge is 0.495 e. The molecule has 0 unspecified atom stereocenters. The standard InChI is InChI=1S/C16H20F3NO3/c1-22-12-6-3-10(4-7-12)15(21)20-13-9-11(16(17,18)19)5-8-14(13)23-2/h5,8-10,12H,3-4,6-7H2,1-2H3,(H,20,21). The number of carbonyl (C=O) groups excluding carboxylic acids is 1. The fraction of sp³-hybridized carbons (Fsp3) is 0.562. The van der Waals surface area contributed by atoms with E-state index in [2.05, 4.69) is 5.32 Å². The minimum Gasteiger partial charge on any atom is -0.495 e. The Morgan fingerprint density at radius 2 is 1.83 bits per heavy atom. The first-order valence-corrected chi connectivity index (χ1v) is 7.44. The predicted octanol–water partition coefficient (Wildman–Crippen LogP) is 3.86. The zero-order valence-electron chi connectivity index (χ0n) is 13.1. The van der Waals surface area contributed by atoms with Crippen LogP contribution in [0.1, 0.15) is 31.2 Å². The maximum Gasteiger partial charge on any atom is 0.416 e. The van der Waals surface area contributed by atoms with Crippen LogP contribution >= 0.6 is 0 Å². The molecule has 0 heterocycles. The molecule has 0 bridgehead atoms. The molecule has 4 nitrogen and oxygen atoms in total. The summed E-state index contributed by atoms with van der Waals surface area (Å²) in [5, 5.41) is 2.57. The summed E-state index contributed by atoms with van der Waals surface area (Å²) in [7, 11) is 2.99. The van der Waals surface area contributed by atoms with Crippen molar-refractivity contribution in [2.45, 2.75) is 38.0 Å². The molecule has 7 heteroatoms. The summed E-state index contributed by atoms with van der Waals surface area (Å²) in [5.74, 6) is -0.297. The second kappa shape index (κ2) is 7.21. The van der Waals surface area contributed by atoms with Gasteiger partial charge in [-0.25, -0.2) is 0 Å². The molecule has 1 aromatic carbocycles. The van der Waals surface area contributed by atoms with Crippen LogP contribution in [-0.2, 0) is 15.7 Å². The fourth-order valence-electron chi connectivity index (χ4n) is 2.78. The number of alkyl halides is 3. The SMILES string of the molecule is COc1ccc(C(F)(F)F)cc1NC(=O)C1CCC(OC)CC1. The van der Waals surface area contributed by atoms with Gasteiger partial charge in [0.1, 0.15) is 5.75 Å². The fourth-order valence-corrected chi connectivity index (χ4v) is 2.78. The van der Waals surface area contributed by atoms with E-state index in [1.54, 1.807) is 7.11 Å². The summed E-state index contributed by atoms with van der Waals surface area (Å²) in [4.78, 5) is 12.3. The van der Waals surface area contributed by atoms with E-state index in [1.165, 1.54) is 13.2 Å². The van der Waals surface area contributed by atoms with Gasteiger partial charge in [0.15, 0.2) is 0 Å². The Bertz CT molecular complexity index is 552. The van der Waals surface area contributed by atoms with Gasteiger partial charge in [0, 0.05) is 13.0 Å². The summed E-state index contributed by atoms with van der Waals surface area (Å²) in [6.45, 7) is 0. The number of hydrogen-bond donors (Lipinski definition) is 1. The molecular formula is C16H20F3NO3. The summed E-state index contributed by atoms with van der Waals surface area (Å²) in [5.41, 5.74) is -0.780. The van der Waals surface area contributed by atoms with Gasteiger partial charge in [0.25, 0.3) is 0 Å². The summed E-state index contributed by atoms with van der Waals surface area (Å²) >= 11 is 0. The molecule has 0 spiro atoms. The van der Waals surface area contributed by atoms with Gasteiger partial charge in [-0.2, -0.15) is 13.2 Å². The lowest BCUT2D eigenvalue weighted by Gasteiger charge is -2.27. The Morgan fingerprint density at radius 1 is 1.17 bits per heavy atom. The Hall–Kier alpha value is -1.76. The van der Waals surface area contributed by atoms with Crippen molar-refractivity contribution in [3.8, 4) is 5.75 Å². The molecule has 1 aromatic rings. The quantitative estimate of drug-likeness (QED) is 0.911. The number of rotatable bonds is 4. The highest BCUT2D eigenvalue weighted by Gasteiger charge is 2.32. The minimum absolute atomic E-state index is 0.0428. The number of anilines is 1. The van der Waals surface area contributed by atoms with Gasteiger partial charge >= 0.3 is 6.18 Å². The average molecular weight is 331 g/mol. The van der Waals surface area contributed by atoms with E-state index < -0.39 is 11.7 Å². The van der Waals surface area contributed by atoms with E-state index in [0.29, 0.717) is 12.8 Å². The molecule has 0 aromatic heterocycles. The Morgan fingerprint density at radius 3 is 2.35 bits per heavy atom. The van der Waals surface area contributed by atoms with Crippen molar-refractivity contribution in [3.63, 3.8) is 0 Å². The molecule has 0 radical (unpaired) electrons. The Labute approximate surface area is 133 Å². The third-order valence-electron chi connectivity index (χ3n) is 4.16. The summed E-state index contributed by atoms with van der Waals surface area (Å²) in [6.07, 6.45) is -1.45. The summed E-state index contributed by atoms with van der Waals surface area (Å²) in [6, 6.07) is 3.04. The monoisotopic (exact) mass is 331 g/mol. The van der Waals surface area contributed by atoms with Crippen LogP contribution in [0.3, 0.4) is 0 Å². The third kappa shape index (κ3) is 4.37. The maximum absolute atomic E-state index is 12.8. The molecule has 0 atom stereocenters. The zero-order valence-corrected chi connectivity index (χ0v) is 13.1. The van der Waals surface area contributed by atoms with Gasteiger partial charge in [-0.1, -0.05) is 0 Å². The van der Waals surface area contributed by atoms with E-state index >= 15 is 0 Å². The van der Waals surface area contributed by atoms with Crippen LogP contribution in [0.5, 0.6) is 5.75 Å². The van der Waals surface area contributed by atoms with Gasteiger partial charge in [-0.05, 0) is 43.9 Å². The molecule has 1 amide bonds. The molecular weight excluding hydrogens is 311 g/mol. The summed E-state index contributed by atoms with van der Waals surface area (Å²) < 4.78 is 48.7. The van der Waals surface area contributed by atoms with Gasteiger partial charge in [-0.15, -0.1) is 0 Å².